The molecule has 0 heterocycles. The molecule has 0 rings (SSSR count). The number of aliphatic hydroxyl groups excluding tert-OH is 2. The molecule has 0 fully saturated rings. The maximum Gasteiger partial charge on any atom is 0.0778 e. The minimum absolute atomic E-state index is 0.111. The van der Waals surface area contributed by atoms with E-state index < -0.39 is 6.10 Å². The van der Waals surface area contributed by atoms with Gasteiger partial charge in [-0.25, -0.2) is 0 Å². The van der Waals surface area contributed by atoms with Gasteiger partial charge in [0.05, 0.1) is 12.7 Å². The summed E-state index contributed by atoms with van der Waals surface area (Å²) in [6, 6.07) is 0. The summed E-state index contributed by atoms with van der Waals surface area (Å²) in [5, 5.41) is 17.0. The van der Waals surface area contributed by atoms with E-state index in [4.69, 9.17) is 10.2 Å². The lowest BCUT2D eigenvalue weighted by Crippen LogP contribution is -2.12. The van der Waals surface area contributed by atoms with E-state index in [9.17, 15) is 0 Å². The minimum atomic E-state index is -0.512. The van der Waals surface area contributed by atoms with Gasteiger partial charge in [-0.05, 0) is 18.4 Å². The predicted octanol–water partition coefficient (Wildman–Crippen LogP) is 0.0927. The topological polar surface area (TPSA) is 40.5 Å². The van der Waals surface area contributed by atoms with Crippen molar-refractivity contribution < 1.29 is 10.2 Å². The molecule has 2 nitrogen and oxygen atoms in total. The molecule has 0 aromatic carbocycles. The van der Waals surface area contributed by atoms with Crippen molar-refractivity contribution in [2.45, 2.75) is 12.5 Å². The number of thioether (sulfide) groups is 1. The molecule has 0 saturated heterocycles. The Bertz CT molecular complexity index is 49.7. The molecule has 1 unspecified atom stereocenters. The van der Waals surface area contributed by atoms with Gasteiger partial charge in [-0.3, -0.25) is 0 Å². The van der Waals surface area contributed by atoms with Crippen molar-refractivity contribution in [3.05, 3.63) is 0 Å². The van der Waals surface area contributed by atoms with Crippen LogP contribution in [0.5, 0.6) is 0 Å². The van der Waals surface area contributed by atoms with Crippen LogP contribution in [0.25, 0.3) is 0 Å². The third-order valence-corrected chi connectivity index (χ3v) is 1.51. The van der Waals surface area contributed by atoms with Crippen LogP contribution in [0.15, 0.2) is 0 Å². The fraction of sp³-hybridized carbons (Fsp3) is 1.00. The Labute approximate surface area is 53.9 Å². The first-order chi connectivity index (χ1) is 3.81. The van der Waals surface area contributed by atoms with Gasteiger partial charge < -0.3 is 10.2 Å². The number of hydrogen-bond donors (Lipinski definition) is 2. The second kappa shape index (κ2) is 5.41. The first-order valence-electron chi connectivity index (χ1n) is 2.59. The summed E-state index contributed by atoms with van der Waals surface area (Å²) in [5.74, 6) is 0.918. The van der Waals surface area contributed by atoms with Gasteiger partial charge in [0.2, 0.25) is 0 Å². The lowest BCUT2D eigenvalue weighted by Gasteiger charge is -2.02. The molecule has 0 amide bonds. The predicted molar refractivity (Wildman–Crippen MR) is 36.1 cm³/mol. The summed E-state index contributed by atoms with van der Waals surface area (Å²) in [4.78, 5) is 0. The quantitative estimate of drug-likeness (QED) is 0.575. The average Bonchev–Trinajstić information content (AvgIpc) is 1.83. The standard InChI is InChI=1S/C5H12O2S/c1-8-3-2-5(7)4-6/h5-7H,2-4H2,1H3. The molecule has 0 bridgehead atoms. The zero-order valence-corrected chi connectivity index (χ0v) is 5.82. The van der Waals surface area contributed by atoms with Crippen molar-refractivity contribution in [3.8, 4) is 0 Å². The molecule has 0 saturated carbocycles. The van der Waals surface area contributed by atoms with E-state index in [2.05, 4.69) is 0 Å². The molecule has 0 aromatic heterocycles. The molecule has 0 aliphatic carbocycles. The largest absolute Gasteiger partial charge is 0.394 e. The van der Waals surface area contributed by atoms with Crippen molar-refractivity contribution in [1.29, 1.82) is 0 Å². The zero-order chi connectivity index (χ0) is 6.41. The monoisotopic (exact) mass is 136 g/mol. The molecular weight excluding hydrogens is 124 g/mol. The summed E-state index contributed by atoms with van der Waals surface area (Å²) < 4.78 is 0. The molecule has 0 radical (unpaired) electrons. The van der Waals surface area contributed by atoms with Gasteiger partial charge >= 0.3 is 0 Å². The average molecular weight is 136 g/mol. The van der Waals surface area contributed by atoms with Crippen LogP contribution in [-0.2, 0) is 0 Å². The van der Waals surface area contributed by atoms with Crippen LogP contribution >= 0.6 is 11.8 Å². The SMILES string of the molecule is CSCCC(O)CO. The molecule has 0 aromatic rings. The lowest BCUT2D eigenvalue weighted by atomic mass is 10.3. The van der Waals surface area contributed by atoms with Crippen LogP contribution in [0.1, 0.15) is 6.42 Å². The van der Waals surface area contributed by atoms with E-state index in [1.165, 1.54) is 0 Å². The normalized spacial score (nSPS) is 13.9. The van der Waals surface area contributed by atoms with Crippen molar-refractivity contribution in [2.75, 3.05) is 18.6 Å². The fourth-order valence-electron chi connectivity index (χ4n) is 0.345. The molecule has 8 heavy (non-hydrogen) atoms. The van der Waals surface area contributed by atoms with Gasteiger partial charge in [0, 0.05) is 0 Å². The molecular formula is C5H12O2S. The van der Waals surface area contributed by atoms with Crippen LogP contribution in [0.4, 0.5) is 0 Å². The minimum Gasteiger partial charge on any atom is -0.394 e. The van der Waals surface area contributed by atoms with E-state index in [0.717, 1.165) is 5.75 Å². The Balaban J connectivity index is 2.86. The molecule has 1 atom stereocenters. The molecule has 0 aliphatic rings. The van der Waals surface area contributed by atoms with E-state index in [1.54, 1.807) is 11.8 Å². The number of hydrogen-bond acceptors (Lipinski definition) is 3. The Morgan fingerprint density at radius 3 is 2.62 bits per heavy atom. The van der Waals surface area contributed by atoms with Crippen LogP contribution < -0.4 is 0 Å². The second-order valence-electron chi connectivity index (χ2n) is 1.62. The summed E-state index contributed by atoms with van der Waals surface area (Å²) >= 11 is 1.67. The molecule has 0 aliphatic heterocycles. The van der Waals surface area contributed by atoms with Gasteiger partial charge in [0.1, 0.15) is 0 Å². The Hall–Kier alpha value is 0.270. The summed E-state index contributed by atoms with van der Waals surface area (Å²) in [7, 11) is 0. The van der Waals surface area contributed by atoms with E-state index in [0.29, 0.717) is 6.42 Å². The van der Waals surface area contributed by atoms with Crippen molar-refractivity contribution in [1.82, 2.24) is 0 Å². The van der Waals surface area contributed by atoms with Crippen LogP contribution in [0.3, 0.4) is 0 Å². The van der Waals surface area contributed by atoms with E-state index in [-0.39, 0.29) is 6.61 Å². The van der Waals surface area contributed by atoms with Crippen molar-refractivity contribution in [2.24, 2.45) is 0 Å². The number of aliphatic hydroxyl groups is 2. The second-order valence-corrected chi connectivity index (χ2v) is 2.60. The molecule has 0 spiro atoms. The van der Waals surface area contributed by atoms with Gasteiger partial charge in [0.25, 0.3) is 0 Å². The molecule has 50 valence electrons. The Morgan fingerprint density at radius 2 is 2.25 bits per heavy atom. The number of rotatable bonds is 4. The third kappa shape index (κ3) is 4.43. The van der Waals surface area contributed by atoms with Crippen LogP contribution in [-0.4, -0.2) is 34.9 Å². The van der Waals surface area contributed by atoms with Gasteiger partial charge in [-0.2, -0.15) is 11.8 Å². The van der Waals surface area contributed by atoms with Gasteiger partial charge in [-0.1, -0.05) is 0 Å². The first-order valence-corrected chi connectivity index (χ1v) is 3.98. The fourth-order valence-corrected chi connectivity index (χ4v) is 0.853. The van der Waals surface area contributed by atoms with Crippen LogP contribution in [0.2, 0.25) is 0 Å². The van der Waals surface area contributed by atoms with Gasteiger partial charge in [0.15, 0.2) is 0 Å². The maximum absolute atomic E-state index is 8.73. The zero-order valence-electron chi connectivity index (χ0n) is 5.00. The maximum atomic E-state index is 8.73. The van der Waals surface area contributed by atoms with E-state index >= 15 is 0 Å². The summed E-state index contributed by atoms with van der Waals surface area (Å²) in [6.45, 7) is -0.111. The van der Waals surface area contributed by atoms with Gasteiger partial charge in [-0.15, -0.1) is 0 Å². The Morgan fingerprint density at radius 1 is 1.62 bits per heavy atom. The smallest absolute Gasteiger partial charge is 0.0778 e. The molecule has 3 heteroatoms. The third-order valence-electron chi connectivity index (χ3n) is 0.866. The van der Waals surface area contributed by atoms with E-state index in [1.807, 2.05) is 6.26 Å². The highest BCUT2D eigenvalue weighted by Crippen LogP contribution is 1.98. The molecule has 2 N–H and O–H groups in total. The lowest BCUT2D eigenvalue weighted by molar-refractivity contribution is 0.0932. The first kappa shape index (κ1) is 8.27. The highest BCUT2D eigenvalue weighted by Gasteiger charge is 1.98. The van der Waals surface area contributed by atoms with Crippen molar-refractivity contribution >= 4 is 11.8 Å². The van der Waals surface area contributed by atoms with Crippen molar-refractivity contribution in [3.63, 3.8) is 0 Å². The highest BCUT2D eigenvalue weighted by molar-refractivity contribution is 7.98. The van der Waals surface area contributed by atoms with Crippen LogP contribution in [0, 0.1) is 0 Å². The Kier molecular flexibility index (Phi) is 5.59. The summed E-state index contributed by atoms with van der Waals surface area (Å²) in [6.07, 6.45) is 2.16. The highest BCUT2D eigenvalue weighted by atomic mass is 32.2. The summed E-state index contributed by atoms with van der Waals surface area (Å²) in [5.41, 5.74) is 0.